The summed E-state index contributed by atoms with van der Waals surface area (Å²) in [5.74, 6) is 1.89. The molecule has 0 saturated heterocycles. The van der Waals surface area contributed by atoms with E-state index >= 15 is 0 Å². The molecule has 20 heavy (non-hydrogen) atoms. The fourth-order valence-electron chi connectivity index (χ4n) is 1.83. The fraction of sp³-hybridized carbons (Fsp3) is 0.500. The van der Waals surface area contributed by atoms with Crippen molar-refractivity contribution in [2.24, 2.45) is 0 Å². The molecule has 0 unspecified atom stereocenters. The van der Waals surface area contributed by atoms with Crippen LogP contribution < -0.4 is 5.32 Å². The van der Waals surface area contributed by atoms with Crippen LogP contribution in [-0.4, -0.2) is 5.54 Å². The van der Waals surface area contributed by atoms with E-state index in [1.807, 2.05) is 6.07 Å². The van der Waals surface area contributed by atoms with Gasteiger partial charge in [-0.2, -0.15) is 0 Å². The SMILES string of the molecule is Cc1cc(COCc2cccs2)oc1CNC(C)(C)C. The molecule has 2 aromatic rings. The standard InChI is InChI=1S/C16H23NO2S/c1-12-8-13(10-18-11-14-6-5-7-20-14)19-15(12)9-17-16(2,3)4/h5-8,17H,9-11H2,1-4H3. The molecule has 110 valence electrons. The fourth-order valence-corrected chi connectivity index (χ4v) is 2.47. The third kappa shape index (κ3) is 4.78. The number of hydrogen-bond acceptors (Lipinski definition) is 4. The number of rotatable bonds is 6. The summed E-state index contributed by atoms with van der Waals surface area (Å²) in [5, 5.41) is 5.50. The number of furan rings is 1. The van der Waals surface area contributed by atoms with E-state index in [1.165, 1.54) is 10.4 Å². The van der Waals surface area contributed by atoms with Gasteiger partial charge in [-0.3, -0.25) is 0 Å². The van der Waals surface area contributed by atoms with Crippen LogP contribution >= 0.6 is 11.3 Å². The van der Waals surface area contributed by atoms with Crippen molar-refractivity contribution in [1.82, 2.24) is 5.32 Å². The second-order valence-corrected chi connectivity index (χ2v) is 7.03. The lowest BCUT2D eigenvalue weighted by Gasteiger charge is -2.19. The summed E-state index contributed by atoms with van der Waals surface area (Å²) in [5.41, 5.74) is 1.27. The first-order chi connectivity index (χ1) is 9.44. The molecule has 0 aliphatic heterocycles. The van der Waals surface area contributed by atoms with Gasteiger partial charge >= 0.3 is 0 Å². The van der Waals surface area contributed by atoms with Crippen molar-refractivity contribution >= 4 is 11.3 Å². The molecule has 2 rings (SSSR count). The van der Waals surface area contributed by atoms with Crippen LogP contribution in [0.15, 0.2) is 28.0 Å². The zero-order chi connectivity index (χ0) is 14.6. The quantitative estimate of drug-likeness (QED) is 0.864. The van der Waals surface area contributed by atoms with Crippen LogP contribution in [0.25, 0.3) is 0 Å². The highest BCUT2D eigenvalue weighted by Crippen LogP contribution is 2.17. The Morgan fingerprint density at radius 3 is 2.75 bits per heavy atom. The molecule has 0 radical (unpaired) electrons. The first-order valence-corrected chi connectivity index (χ1v) is 7.75. The lowest BCUT2D eigenvalue weighted by atomic mass is 10.1. The molecule has 0 aliphatic rings. The van der Waals surface area contributed by atoms with Gasteiger partial charge < -0.3 is 14.5 Å². The predicted molar refractivity (Wildman–Crippen MR) is 82.8 cm³/mol. The third-order valence-electron chi connectivity index (χ3n) is 2.92. The Kier molecular flexibility index (Phi) is 5.02. The summed E-state index contributed by atoms with van der Waals surface area (Å²) < 4.78 is 11.5. The molecule has 0 saturated carbocycles. The van der Waals surface area contributed by atoms with Crippen LogP contribution in [0.2, 0.25) is 0 Å². The highest BCUT2D eigenvalue weighted by Gasteiger charge is 2.13. The molecular formula is C16H23NO2S. The molecule has 0 bridgehead atoms. The number of aryl methyl sites for hydroxylation is 1. The van der Waals surface area contributed by atoms with Crippen LogP contribution in [-0.2, 0) is 24.5 Å². The Morgan fingerprint density at radius 2 is 2.10 bits per heavy atom. The topological polar surface area (TPSA) is 34.4 Å². The van der Waals surface area contributed by atoms with Crippen LogP contribution in [0.1, 0.15) is 42.7 Å². The normalized spacial score (nSPS) is 12.0. The minimum absolute atomic E-state index is 0.0923. The van der Waals surface area contributed by atoms with Crippen molar-refractivity contribution in [2.45, 2.75) is 53.0 Å². The van der Waals surface area contributed by atoms with E-state index < -0.39 is 0 Å². The van der Waals surface area contributed by atoms with E-state index in [9.17, 15) is 0 Å². The molecule has 0 spiro atoms. The number of hydrogen-bond donors (Lipinski definition) is 1. The van der Waals surface area contributed by atoms with Gasteiger partial charge in [0, 0.05) is 10.4 Å². The molecule has 0 fully saturated rings. The van der Waals surface area contributed by atoms with Crippen molar-refractivity contribution in [3.05, 3.63) is 45.5 Å². The molecular weight excluding hydrogens is 270 g/mol. The van der Waals surface area contributed by atoms with Crippen LogP contribution in [0, 0.1) is 6.92 Å². The Bertz CT molecular complexity index is 523. The van der Waals surface area contributed by atoms with Crippen LogP contribution in [0.4, 0.5) is 0 Å². The summed E-state index contributed by atoms with van der Waals surface area (Å²) >= 11 is 1.71. The zero-order valence-corrected chi connectivity index (χ0v) is 13.5. The van der Waals surface area contributed by atoms with Crippen molar-refractivity contribution in [1.29, 1.82) is 0 Å². The van der Waals surface area contributed by atoms with Gasteiger partial charge in [0.25, 0.3) is 0 Å². The maximum Gasteiger partial charge on any atom is 0.130 e. The van der Waals surface area contributed by atoms with E-state index in [-0.39, 0.29) is 5.54 Å². The summed E-state index contributed by atoms with van der Waals surface area (Å²) in [6, 6.07) is 6.18. The van der Waals surface area contributed by atoms with Crippen molar-refractivity contribution in [3.8, 4) is 0 Å². The number of nitrogens with one attached hydrogen (secondary N) is 1. The van der Waals surface area contributed by atoms with E-state index in [0.29, 0.717) is 13.2 Å². The largest absolute Gasteiger partial charge is 0.462 e. The summed E-state index contributed by atoms with van der Waals surface area (Å²) in [4.78, 5) is 1.24. The summed E-state index contributed by atoms with van der Waals surface area (Å²) in [7, 11) is 0. The minimum Gasteiger partial charge on any atom is -0.462 e. The molecule has 0 aliphatic carbocycles. The van der Waals surface area contributed by atoms with Gasteiger partial charge in [0.2, 0.25) is 0 Å². The van der Waals surface area contributed by atoms with E-state index in [1.54, 1.807) is 11.3 Å². The molecule has 2 aromatic heterocycles. The summed E-state index contributed by atoms with van der Waals surface area (Å²) in [6.45, 7) is 10.4. The first kappa shape index (κ1) is 15.3. The van der Waals surface area contributed by atoms with Gasteiger partial charge in [-0.1, -0.05) is 6.07 Å². The molecule has 1 N–H and O–H groups in total. The maximum absolute atomic E-state index is 5.85. The minimum atomic E-state index is 0.0923. The molecule has 4 heteroatoms. The van der Waals surface area contributed by atoms with Crippen molar-refractivity contribution in [2.75, 3.05) is 0 Å². The van der Waals surface area contributed by atoms with Gasteiger partial charge in [0.1, 0.15) is 18.1 Å². The maximum atomic E-state index is 5.85. The molecule has 0 aromatic carbocycles. The van der Waals surface area contributed by atoms with E-state index in [4.69, 9.17) is 9.15 Å². The average molecular weight is 293 g/mol. The lowest BCUT2D eigenvalue weighted by molar-refractivity contribution is 0.0937. The van der Waals surface area contributed by atoms with E-state index in [2.05, 4.69) is 50.5 Å². The van der Waals surface area contributed by atoms with Crippen LogP contribution in [0.5, 0.6) is 0 Å². The zero-order valence-electron chi connectivity index (χ0n) is 12.7. The van der Waals surface area contributed by atoms with Gasteiger partial charge in [-0.15, -0.1) is 11.3 Å². The molecule has 0 atom stereocenters. The molecule has 0 amide bonds. The van der Waals surface area contributed by atoms with Crippen molar-refractivity contribution in [3.63, 3.8) is 0 Å². The highest BCUT2D eigenvalue weighted by molar-refractivity contribution is 7.09. The monoisotopic (exact) mass is 293 g/mol. The Hall–Kier alpha value is -1.10. The Balaban J connectivity index is 1.84. The average Bonchev–Trinajstić information content (AvgIpc) is 2.96. The number of ether oxygens (including phenoxy) is 1. The smallest absolute Gasteiger partial charge is 0.130 e. The van der Waals surface area contributed by atoms with Gasteiger partial charge in [0.05, 0.1) is 13.2 Å². The van der Waals surface area contributed by atoms with Gasteiger partial charge in [0.15, 0.2) is 0 Å². The Morgan fingerprint density at radius 1 is 1.30 bits per heavy atom. The highest BCUT2D eigenvalue weighted by atomic mass is 32.1. The summed E-state index contributed by atoms with van der Waals surface area (Å²) in [6.07, 6.45) is 0. The predicted octanol–water partition coefficient (Wildman–Crippen LogP) is 4.25. The molecule has 2 heterocycles. The second kappa shape index (κ2) is 6.57. The van der Waals surface area contributed by atoms with Gasteiger partial charge in [-0.25, -0.2) is 0 Å². The Labute approximate surface area is 125 Å². The van der Waals surface area contributed by atoms with E-state index in [0.717, 1.165) is 18.1 Å². The second-order valence-electron chi connectivity index (χ2n) is 5.99. The van der Waals surface area contributed by atoms with Crippen LogP contribution in [0.3, 0.4) is 0 Å². The van der Waals surface area contributed by atoms with Gasteiger partial charge in [-0.05, 0) is 50.8 Å². The third-order valence-corrected chi connectivity index (χ3v) is 3.77. The van der Waals surface area contributed by atoms with Crippen molar-refractivity contribution < 1.29 is 9.15 Å². The lowest BCUT2D eigenvalue weighted by Crippen LogP contribution is -2.35. The number of thiophene rings is 1. The first-order valence-electron chi connectivity index (χ1n) is 6.87. The molecule has 3 nitrogen and oxygen atoms in total.